The molecular weight excluding hydrogens is 490 g/mol. The quantitative estimate of drug-likeness (QED) is 0.447. The summed E-state index contributed by atoms with van der Waals surface area (Å²) in [7, 11) is 3.10. The van der Waals surface area contributed by atoms with Crippen LogP contribution >= 0.6 is 0 Å². The highest BCUT2D eigenvalue weighted by Gasteiger charge is 2.39. The van der Waals surface area contributed by atoms with Gasteiger partial charge in [0, 0.05) is 63.1 Å². The van der Waals surface area contributed by atoms with Gasteiger partial charge in [-0.3, -0.25) is 9.80 Å². The fourth-order valence-electron chi connectivity index (χ4n) is 4.84. The lowest BCUT2D eigenvalue weighted by atomic mass is 9.93. The Kier molecular flexibility index (Phi) is 10.6. The SMILES string of the molecule is CCCNC(=O)N1CCCN(CC2=C(C(=O)OCC)[C@H](c3ccc(OC)cc3OC)NC(=O)N2CC)CC1. The number of carbonyl (C=O) groups excluding carboxylic acids is 3. The number of esters is 1. The summed E-state index contributed by atoms with van der Waals surface area (Å²) in [5.41, 5.74) is 1.60. The predicted octanol–water partition coefficient (Wildman–Crippen LogP) is 2.73. The molecule has 2 aliphatic rings. The molecule has 0 aromatic heterocycles. The first-order valence-corrected chi connectivity index (χ1v) is 13.3. The van der Waals surface area contributed by atoms with Crippen molar-refractivity contribution < 1.29 is 28.6 Å². The second kappa shape index (κ2) is 13.9. The van der Waals surface area contributed by atoms with E-state index in [-0.39, 0.29) is 18.7 Å². The van der Waals surface area contributed by atoms with Crippen molar-refractivity contribution in [3.8, 4) is 11.5 Å². The molecule has 0 spiro atoms. The van der Waals surface area contributed by atoms with Gasteiger partial charge in [-0.1, -0.05) is 6.92 Å². The van der Waals surface area contributed by atoms with Crippen LogP contribution < -0.4 is 20.1 Å². The summed E-state index contributed by atoms with van der Waals surface area (Å²) in [5.74, 6) is 0.602. The number of ether oxygens (including phenoxy) is 3. The summed E-state index contributed by atoms with van der Waals surface area (Å²) in [5, 5.41) is 5.93. The molecule has 1 fully saturated rings. The Morgan fingerprint density at radius 3 is 2.53 bits per heavy atom. The van der Waals surface area contributed by atoms with Gasteiger partial charge >= 0.3 is 18.0 Å². The molecule has 0 unspecified atom stereocenters. The van der Waals surface area contributed by atoms with Crippen molar-refractivity contribution in [1.29, 1.82) is 0 Å². The van der Waals surface area contributed by atoms with Crippen molar-refractivity contribution in [2.45, 2.75) is 39.7 Å². The van der Waals surface area contributed by atoms with Gasteiger partial charge in [-0.2, -0.15) is 0 Å². The van der Waals surface area contributed by atoms with E-state index < -0.39 is 12.0 Å². The zero-order valence-corrected chi connectivity index (χ0v) is 23.2. The van der Waals surface area contributed by atoms with Crippen molar-refractivity contribution >= 4 is 18.0 Å². The molecule has 0 radical (unpaired) electrons. The fourth-order valence-corrected chi connectivity index (χ4v) is 4.84. The Labute approximate surface area is 225 Å². The van der Waals surface area contributed by atoms with Crippen LogP contribution in [-0.4, -0.2) is 99.4 Å². The lowest BCUT2D eigenvalue weighted by Gasteiger charge is -2.38. The van der Waals surface area contributed by atoms with E-state index in [4.69, 9.17) is 14.2 Å². The Balaban J connectivity index is 1.99. The number of likely N-dealkylation sites (N-methyl/N-ethyl adjacent to an activating group) is 1. The molecule has 3 rings (SSSR count). The van der Waals surface area contributed by atoms with Gasteiger partial charge in [0.25, 0.3) is 0 Å². The summed E-state index contributed by atoms with van der Waals surface area (Å²) < 4.78 is 16.4. The highest BCUT2D eigenvalue weighted by Crippen LogP contribution is 2.38. The van der Waals surface area contributed by atoms with E-state index in [0.717, 1.165) is 19.4 Å². The Morgan fingerprint density at radius 2 is 1.87 bits per heavy atom. The number of rotatable bonds is 10. The Bertz CT molecular complexity index is 1030. The van der Waals surface area contributed by atoms with Crippen LogP contribution in [0, 0.1) is 0 Å². The van der Waals surface area contributed by atoms with E-state index >= 15 is 0 Å². The smallest absolute Gasteiger partial charge is 0.338 e. The minimum absolute atomic E-state index is 0.0565. The second-order valence-electron chi connectivity index (χ2n) is 9.16. The van der Waals surface area contributed by atoms with Gasteiger partial charge in [0.15, 0.2) is 0 Å². The molecule has 2 N–H and O–H groups in total. The average Bonchev–Trinajstić information content (AvgIpc) is 3.16. The van der Waals surface area contributed by atoms with Crippen LogP contribution in [0.3, 0.4) is 0 Å². The minimum atomic E-state index is -0.761. The largest absolute Gasteiger partial charge is 0.497 e. The van der Waals surface area contributed by atoms with Crippen LogP contribution in [0.1, 0.15) is 45.2 Å². The number of hydrogen-bond acceptors (Lipinski definition) is 7. The number of urea groups is 2. The molecule has 0 bridgehead atoms. The zero-order chi connectivity index (χ0) is 27.7. The maximum Gasteiger partial charge on any atom is 0.338 e. The third-order valence-electron chi connectivity index (χ3n) is 6.78. The molecule has 4 amide bonds. The fraction of sp³-hybridized carbons (Fsp3) is 0.593. The summed E-state index contributed by atoms with van der Waals surface area (Å²) in [6.45, 7) is 9.82. The van der Waals surface area contributed by atoms with Crippen LogP contribution in [-0.2, 0) is 9.53 Å². The Morgan fingerprint density at radius 1 is 1.08 bits per heavy atom. The topological polar surface area (TPSA) is 113 Å². The lowest BCUT2D eigenvalue weighted by Crippen LogP contribution is -2.51. The van der Waals surface area contributed by atoms with Crippen LogP contribution in [0.15, 0.2) is 29.5 Å². The first kappa shape index (κ1) is 29.1. The van der Waals surface area contributed by atoms with Crippen LogP contribution in [0.4, 0.5) is 9.59 Å². The minimum Gasteiger partial charge on any atom is -0.497 e. The van der Waals surface area contributed by atoms with Crippen molar-refractivity contribution in [1.82, 2.24) is 25.3 Å². The molecule has 210 valence electrons. The number of amides is 4. The summed E-state index contributed by atoms with van der Waals surface area (Å²) in [6.07, 6.45) is 1.67. The third-order valence-corrected chi connectivity index (χ3v) is 6.78. The van der Waals surface area contributed by atoms with Gasteiger partial charge in [0.2, 0.25) is 0 Å². The van der Waals surface area contributed by atoms with Crippen LogP contribution in [0.5, 0.6) is 11.5 Å². The molecule has 11 nitrogen and oxygen atoms in total. The average molecular weight is 532 g/mol. The van der Waals surface area contributed by atoms with E-state index in [1.807, 2.05) is 18.7 Å². The molecule has 1 aromatic carbocycles. The standard InChI is InChI=1S/C27H41N5O6/c1-6-12-28-26(34)31-14-9-13-30(15-16-31)18-21-23(25(33)38-8-3)24(29-27(35)32(21)7-2)20-11-10-19(36-4)17-22(20)37-5/h10-11,17,24H,6-9,12-16,18H2,1-5H3,(H,28,34)(H,29,35)/t24-/m0/s1. The molecule has 1 aromatic rings. The van der Waals surface area contributed by atoms with Crippen LogP contribution in [0.2, 0.25) is 0 Å². The first-order valence-electron chi connectivity index (χ1n) is 13.3. The number of methoxy groups -OCH3 is 2. The van der Waals surface area contributed by atoms with Gasteiger partial charge in [-0.05, 0) is 38.8 Å². The van der Waals surface area contributed by atoms with E-state index in [0.29, 0.717) is 67.6 Å². The zero-order valence-electron chi connectivity index (χ0n) is 23.2. The maximum atomic E-state index is 13.4. The van der Waals surface area contributed by atoms with E-state index in [1.54, 1.807) is 37.1 Å². The van der Waals surface area contributed by atoms with Crippen molar-refractivity contribution in [3.05, 3.63) is 35.0 Å². The van der Waals surface area contributed by atoms with Crippen molar-refractivity contribution in [2.24, 2.45) is 0 Å². The highest BCUT2D eigenvalue weighted by atomic mass is 16.5. The third kappa shape index (κ3) is 6.69. The highest BCUT2D eigenvalue weighted by molar-refractivity contribution is 5.95. The summed E-state index contributed by atoms with van der Waals surface area (Å²) in [4.78, 5) is 44.8. The molecule has 2 heterocycles. The number of carbonyl (C=O) groups is 3. The van der Waals surface area contributed by atoms with E-state index in [9.17, 15) is 14.4 Å². The van der Waals surface area contributed by atoms with Gasteiger partial charge in [-0.25, -0.2) is 14.4 Å². The number of nitrogens with zero attached hydrogens (tertiary/aromatic N) is 3. The number of hydrogen-bond donors (Lipinski definition) is 2. The molecule has 11 heteroatoms. The molecule has 0 saturated carbocycles. The summed E-state index contributed by atoms with van der Waals surface area (Å²) >= 11 is 0. The molecule has 1 atom stereocenters. The van der Waals surface area contributed by atoms with Gasteiger partial charge in [-0.15, -0.1) is 0 Å². The van der Waals surface area contributed by atoms with Crippen molar-refractivity contribution in [3.63, 3.8) is 0 Å². The predicted molar refractivity (Wildman–Crippen MR) is 143 cm³/mol. The maximum absolute atomic E-state index is 13.4. The molecule has 2 aliphatic heterocycles. The van der Waals surface area contributed by atoms with Crippen LogP contribution in [0.25, 0.3) is 0 Å². The van der Waals surface area contributed by atoms with Gasteiger partial charge in [0.1, 0.15) is 11.5 Å². The van der Waals surface area contributed by atoms with Crippen molar-refractivity contribution in [2.75, 3.05) is 66.6 Å². The Hall–Kier alpha value is -3.47. The lowest BCUT2D eigenvalue weighted by molar-refractivity contribution is -0.139. The van der Waals surface area contributed by atoms with Gasteiger partial charge < -0.3 is 29.7 Å². The van der Waals surface area contributed by atoms with Gasteiger partial charge in [0.05, 0.1) is 32.4 Å². The number of benzene rings is 1. The van der Waals surface area contributed by atoms with E-state index in [2.05, 4.69) is 15.5 Å². The molecule has 0 aliphatic carbocycles. The monoisotopic (exact) mass is 531 g/mol. The summed E-state index contributed by atoms with van der Waals surface area (Å²) in [6, 6.07) is 4.17. The normalized spacial score (nSPS) is 18.6. The first-order chi connectivity index (χ1) is 18.4. The number of nitrogens with one attached hydrogen (secondary N) is 2. The second-order valence-corrected chi connectivity index (χ2v) is 9.16. The van der Waals surface area contributed by atoms with E-state index in [1.165, 1.54) is 7.11 Å². The molecule has 38 heavy (non-hydrogen) atoms. The molecular formula is C27H41N5O6. The molecule has 1 saturated heterocycles.